The lowest BCUT2D eigenvalue weighted by atomic mass is 10.1. The number of hydrogen-bond acceptors (Lipinski definition) is 3. The van der Waals surface area contributed by atoms with Crippen LogP contribution in [0.3, 0.4) is 0 Å². The van der Waals surface area contributed by atoms with E-state index in [9.17, 15) is 17.6 Å². The number of carbonyl (C=O) groups is 1. The Hall–Kier alpha value is -1.34. The number of carbonyl (C=O) groups excluding carboxylic acids is 1. The minimum absolute atomic E-state index is 0.0259. The average molecular weight is 337 g/mol. The van der Waals surface area contributed by atoms with Gasteiger partial charge < -0.3 is 10.6 Å². The fourth-order valence-electron chi connectivity index (χ4n) is 1.67. The van der Waals surface area contributed by atoms with E-state index in [0.717, 1.165) is 6.26 Å². The monoisotopic (exact) mass is 336 g/mol. The number of rotatable bonds is 7. The molecule has 1 aromatic carbocycles. The molecule has 0 saturated carbocycles. The van der Waals surface area contributed by atoms with Crippen LogP contribution in [0.15, 0.2) is 18.2 Å². The van der Waals surface area contributed by atoms with Crippen molar-refractivity contribution < 1.29 is 17.6 Å². The average Bonchev–Trinajstić information content (AvgIpc) is 2.37. The van der Waals surface area contributed by atoms with E-state index < -0.39 is 21.7 Å². The standard InChI is InChI=1S/C13H18ClFN2O3S/c1-21(19,20)9-3-7-16-13(18)17-8-6-10-11(14)4-2-5-12(10)15/h2,4-5H,3,6-9H2,1H3,(H2,16,17,18). The van der Waals surface area contributed by atoms with Gasteiger partial charge in [0.25, 0.3) is 0 Å². The molecule has 0 aliphatic rings. The second-order valence-corrected chi connectivity index (χ2v) is 7.28. The van der Waals surface area contributed by atoms with Gasteiger partial charge in [-0.15, -0.1) is 0 Å². The molecule has 21 heavy (non-hydrogen) atoms. The summed E-state index contributed by atoms with van der Waals surface area (Å²) in [5.74, 6) is -0.379. The summed E-state index contributed by atoms with van der Waals surface area (Å²) >= 11 is 5.86. The van der Waals surface area contributed by atoms with Crippen LogP contribution in [0.25, 0.3) is 0 Å². The van der Waals surface area contributed by atoms with E-state index in [0.29, 0.717) is 17.0 Å². The maximum Gasteiger partial charge on any atom is 0.314 e. The van der Waals surface area contributed by atoms with Gasteiger partial charge in [-0.1, -0.05) is 17.7 Å². The minimum atomic E-state index is -3.01. The summed E-state index contributed by atoms with van der Waals surface area (Å²) in [6.07, 6.45) is 1.78. The third-order valence-electron chi connectivity index (χ3n) is 2.70. The molecule has 1 aromatic rings. The van der Waals surface area contributed by atoms with Crippen LogP contribution >= 0.6 is 11.6 Å². The van der Waals surface area contributed by atoms with Gasteiger partial charge in [0.2, 0.25) is 0 Å². The molecule has 2 N–H and O–H groups in total. The molecule has 0 atom stereocenters. The first-order chi connectivity index (χ1) is 9.79. The first-order valence-corrected chi connectivity index (χ1v) is 8.86. The zero-order valence-electron chi connectivity index (χ0n) is 11.7. The fraction of sp³-hybridized carbons (Fsp3) is 0.462. The van der Waals surface area contributed by atoms with Crippen LogP contribution in [-0.2, 0) is 16.3 Å². The van der Waals surface area contributed by atoms with Gasteiger partial charge in [0.05, 0.1) is 5.75 Å². The van der Waals surface area contributed by atoms with E-state index in [2.05, 4.69) is 10.6 Å². The normalized spacial score (nSPS) is 11.2. The van der Waals surface area contributed by atoms with Crippen molar-refractivity contribution in [3.8, 4) is 0 Å². The molecule has 0 aliphatic heterocycles. The Morgan fingerprint density at radius 1 is 1.29 bits per heavy atom. The van der Waals surface area contributed by atoms with Gasteiger partial charge in [-0.3, -0.25) is 0 Å². The van der Waals surface area contributed by atoms with E-state index >= 15 is 0 Å². The van der Waals surface area contributed by atoms with E-state index in [4.69, 9.17) is 11.6 Å². The van der Waals surface area contributed by atoms with E-state index in [1.54, 1.807) is 6.07 Å². The quantitative estimate of drug-likeness (QED) is 0.745. The summed E-state index contributed by atoms with van der Waals surface area (Å²) in [5, 5.41) is 5.41. The van der Waals surface area contributed by atoms with Crippen LogP contribution in [0.5, 0.6) is 0 Å². The zero-order valence-corrected chi connectivity index (χ0v) is 13.2. The minimum Gasteiger partial charge on any atom is -0.338 e. The Balaban J connectivity index is 2.25. The highest BCUT2D eigenvalue weighted by atomic mass is 35.5. The van der Waals surface area contributed by atoms with Gasteiger partial charge in [-0.05, 0) is 25.0 Å². The Kier molecular flexibility index (Phi) is 6.91. The van der Waals surface area contributed by atoms with Crippen molar-refractivity contribution in [2.75, 3.05) is 25.1 Å². The van der Waals surface area contributed by atoms with E-state index in [-0.39, 0.29) is 25.3 Å². The van der Waals surface area contributed by atoms with Crippen molar-refractivity contribution in [3.63, 3.8) is 0 Å². The molecule has 0 fully saturated rings. The van der Waals surface area contributed by atoms with Gasteiger partial charge in [0.1, 0.15) is 15.7 Å². The highest BCUT2D eigenvalue weighted by molar-refractivity contribution is 7.90. The lowest BCUT2D eigenvalue weighted by Crippen LogP contribution is -2.37. The van der Waals surface area contributed by atoms with Crippen LogP contribution in [0.4, 0.5) is 9.18 Å². The SMILES string of the molecule is CS(=O)(=O)CCCNC(=O)NCCc1c(F)cccc1Cl. The molecule has 0 bridgehead atoms. The topological polar surface area (TPSA) is 75.3 Å². The molecule has 118 valence electrons. The van der Waals surface area contributed by atoms with Crippen LogP contribution in [-0.4, -0.2) is 39.5 Å². The summed E-state index contributed by atoms with van der Waals surface area (Å²) in [6.45, 7) is 0.498. The summed E-state index contributed by atoms with van der Waals surface area (Å²) in [5.41, 5.74) is 0.358. The predicted molar refractivity (Wildman–Crippen MR) is 80.8 cm³/mol. The molecule has 0 unspecified atom stereocenters. The summed E-state index contributed by atoms with van der Waals surface area (Å²) in [7, 11) is -3.01. The van der Waals surface area contributed by atoms with Crippen LogP contribution in [0, 0.1) is 5.82 Å². The van der Waals surface area contributed by atoms with Crippen molar-refractivity contribution in [3.05, 3.63) is 34.6 Å². The Morgan fingerprint density at radius 3 is 2.57 bits per heavy atom. The predicted octanol–water partition coefficient (Wildman–Crippen LogP) is 1.76. The number of halogens is 2. The molecule has 2 amide bonds. The second-order valence-electron chi connectivity index (χ2n) is 4.62. The van der Waals surface area contributed by atoms with Crippen LogP contribution < -0.4 is 10.6 Å². The molecule has 0 aliphatic carbocycles. The molecule has 5 nitrogen and oxygen atoms in total. The summed E-state index contributed by atoms with van der Waals surface area (Å²) < 4.78 is 35.3. The van der Waals surface area contributed by atoms with Gasteiger partial charge >= 0.3 is 6.03 Å². The van der Waals surface area contributed by atoms with Crippen LogP contribution in [0.2, 0.25) is 5.02 Å². The third kappa shape index (κ3) is 7.29. The molecular formula is C13H18ClFN2O3S. The molecule has 0 saturated heterocycles. The van der Waals surface area contributed by atoms with Gasteiger partial charge in [0.15, 0.2) is 0 Å². The lowest BCUT2D eigenvalue weighted by Gasteiger charge is -2.09. The molecule has 0 aromatic heterocycles. The zero-order chi connectivity index (χ0) is 15.9. The van der Waals surface area contributed by atoms with Crippen LogP contribution in [0.1, 0.15) is 12.0 Å². The summed E-state index contributed by atoms with van der Waals surface area (Å²) in [6, 6.07) is 4.00. The maximum atomic E-state index is 13.5. The molecule has 8 heteroatoms. The maximum absolute atomic E-state index is 13.5. The number of benzene rings is 1. The van der Waals surface area contributed by atoms with Crippen molar-refractivity contribution in [2.45, 2.75) is 12.8 Å². The number of amides is 2. The lowest BCUT2D eigenvalue weighted by molar-refractivity contribution is 0.241. The van der Waals surface area contributed by atoms with Crippen molar-refractivity contribution >= 4 is 27.5 Å². The largest absolute Gasteiger partial charge is 0.338 e. The second kappa shape index (κ2) is 8.19. The molecule has 1 rings (SSSR count). The van der Waals surface area contributed by atoms with Gasteiger partial charge in [0, 0.05) is 29.9 Å². The summed E-state index contributed by atoms with van der Waals surface area (Å²) in [4.78, 5) is 11.4. The van der Waals surface area contributed by atoms with E-state index in [1.165, 1.54) is 12.1 Å². The van der Waals surface area contributed by atoms with E-state index in [1.807, 2.05) is 0 Å². The number of sulfone groups is 1. The molecule has 0 radical (unpaired) electrons. The van der Waals surface area contributed by atoms with Crippen molar-refractivity contribution in [2.24, 2.45) is 0 Å². The number of nitrogens with one attached hydrogen (secondary N) is 2. The van der Waals surface area contributed by atoms with Gasteiger partial charge in [-0.2, -0.15) is 0 Å². The Morgan fingerprint density at radius 2 is 1.95 bits per heavy atom. The highest BCUT2D eigenvalue weighted by Gasteiger charge is 2.07. The first kappa shape index (κ1) is 17.7. The van der Waals surface area contributed by atoms with Crippen molar-refractivity contribution in [1.82, 2.24) is 10.6 Å². The number of hydrogen-bond donors (Lipinski definition) is 2. The molecule has 0 heterocycles. The van der Waals surface area contributed by atoms with Crippen molar-refractivity contribution in [1.29, 1.82) is 0 Å². The fourth-order valence-corrected chi connectivity index (χ4v) is 2.60. The highest BCUT2D eigenvalue weighted by Crippen LogP contribution is 2.18. The van der Waals surface area contributed by atoms with Gasteiger partial charge in [-0.25, -0.2) is 17.6 Å². The molecule has 0 spiro atoms. The Bertz CT molecular complexity index is 573. The Labute approximate surface area is 128 Å². The first-order valence-electron chi connectivity index (χ1n) is 6.42. The molecular weight excluding hydrogens is 319 g/mol. The smallest absolute Gasteiger partial charge is 0.314 e. The number of urea groups is 1. The third-order valence-corrected chi connectivity index (χ3v) is 4.08.